The van der Waals surface area contributed by atoms with Crippen molar-refractivity contribution in [2.24, 2.45) is 0 Å². The molecule has 0 aliphatic carbocycles. The van der Waals surface area contributed by atoms with Crippen molar-refractivity contribution in [2.45, 2.75) is 25.1 Å². The Hall–Kier alpha value is -0.690. The first-order chi connectivity index (χ1) is 9.38. The summed E-state index contributed by atoms with van der Waals surface area (Å²) in [5.74, 6) is 1.41. The number of rotatable bonds is 2. The van der Waals surface area contributed by atoms with Crippen molar-refractivity contribution in [3.8, 4) is 0 Å². The van der Waals surface area contributed by atoms with Crippen LogP contribution in [0.1, 0.15) is 28.8 Å². The van der Waals surface area contributed by atoms with Gasteiger partial charge in [0.25, 0.3) is 5.91 Å². The molecular weight excluding hydrogens is 355 g/mol. The highest BCUT2D eigenvalue weighted by molar-refractivity contribution is 9.10. The number of hydrogen-bond donors (Lipinski definition) is 1. The Morgan fingerprint density at radius 1 is 1.40 bits per heavy atom. The molecule has 1 atom stereocenters. The Bertz CT molecular complexity index is 501. The van der Waals surface area contributed by atoms with Crippen LogP contribution >= 0.6 is 27.7 Å². The summed E-state index contributed by atoms with van der Waals surface area (Å²) < 4.78 is 38.4. The number of halogens is 4. The minimum Gasteiger partial charge on any atom is -0.348 e. The molecule has 0 bridgehead atoms. The predicted molar refractivity (Wildman–Crippen MR) is 77.0 cm³/mol. The smallest absolute Gasteiger partial charge is 0.348 e. The van der Waals surface area contributed by atoms with E-state index in [-0.39, 0.29) is 11.6 Å². The van der Waals surface area contributed by atoms with Crippen LogP contribution in [0.4, 0.5) is 13.2 Å². The third-order valence-corrected chi connectivity index (χ3v) is 4.94. The van der Waals surface area contributed by atoms with Gasteiger partial charge in [0, 0.05) is 16.3 Å². The van der Waals surface area contributed by atoms with Crippen molar-refractivity contribution in [1.29, 1.82) is 0 Å². The molecule has 1 aromatic rings. The van der Waals surface area contributed by atoms with Gasteiger partial charge in [-0.25, -0.2) is 0 Å². The van der Waals surface area contributed by atoms with Gasteiger partial charge >= 0.3 is 6.18 Å². The molecule has 1 aliphatic rings. The molecule has 2 nitrogen and oxygen atoms in total. The lowest BCUT2D eigenvalue weighted by atomic mass is 10.1. The number of carbonyl (C=O) groups is 1. The van der Waals surface area contributed by atoms with Crippen LogP contribution in [0.5, 0.6) is 0 Å². The van der Waals surface area contributed by atoms with E-state index in [2.05, 4.69) is 21.2 Å². The van der Waals surface area contributed by atoms with Crippen LogP contribution in [-0.2, 0) is 6.18 Å². The van der Waals surface area contributed by atoms with Gasteiger partial charge in [-0.1, -0.05) is 0 Å². The van der Waals surface area contributed by atoms with Crippen LogP contribution in [0.3, 0.4) is 0 Å². The highest BCUT2D eigenvalue weighted by Gasteiger charge is 2.31. The lowest BCUT2D eigenvalue weighted by molar-refractivity contribution is -0.137. The van der Waals surface area contributed by atoms with Crippen LogP contribution in [0.2, 0.25) is 0 Å². The summed E-state index contributed by atoms with van der Waals surface area (Å²) in [6.45, 7) is 0. The number of amides is 1. The number of nitrogens with one attached hydrogen (secondary N) is 1. The highest BCUT2D eigenvalue weighted by atomic mass is 79.9. The van der Waals surface area contributed by atoms with Crippen molar-refractivity contribution < 1.29 is 18.0 Å². The SMILES string of the molecule is O=C(NC1CCCSC1)c1cc(C(F)(F)F)ccc1Br. The molecule has 1 amide bonds. The monoisotopic (exact) mass is 367 g/mol. The molecule has 1 heterocycles. The topological polar surface area (TPSA) is 29.1 Å². The molecule has 1 N–H and O–H groups in total. The number of alkyl halides is 3. The maximum absolute atomic E-state index is 12.7. The lowest BCUT2D eigenvalue weighted by Gasteiger charge is -2.22. The molecule has 7 heteroatoms. The number of thioether (sulfide) groups is 1. The second-order valence-electron chi connectivity index (χ2n) is 4.58. The first-order valence-corrected chi connectivity index (χ1v) is 8.08. The minimum absolute atomic E-state index is 0.0235. The zero-order valence-electron chi connectivity index (χ0n) is 10.5. The van der Waals surface area contributed by atoms with Crippen molar-refractivity contribution in [2.75, 3.05) is 11.5 Å². The van der Waals surface area contributed by atoms with Gasteiger partial charge in [0.1, 0.15) is 0 Å². The summed E-state index contributed by atoms with van der Waals surface area (Å²) in [6, 6.07) is 3.13. The lowest BCUT2D eigenvalue weighted by Crippen LogP contribution is -2.38. The summed E-state index contributed by atoms with van der Waals surface area (Å²) >= 11 is 4.87. The Labute approximate surface area is 127 Å². The van der Waals surface area contributed by atoms with Gasteiger partial charge in [-0.3, -0.25) is 4.79 Å². The van der Waals surface area contributed by atoms with E-state index in [1.54, 1.807) is 11.8 Å². The van der Waals surface area contributed by atoms with Gasteiger partial charge in [-0.15, -0.1) is 0 Å². The Morgan fingerprint density at radius 2 is 2.15 bits per heavy atom. The minimum atomic E-state index is -4.45. The molecule has 1 aliphatic heterocycles. The van der Waals surface area contributed by atoms with Crippen molar-refractivity contribution in [3.63, 3.8) is 0 Å². The van der Waals surface area contributed by atoms with Crippen molar-refractivity contribution in [3.05, 3.63) is 33.8 Å². The average molecular weight is 368 g/mol. The Kier molecular flexibility index (Phi) is 5.01. The summed E-state index contributed by atoms with van der Waals surface area (Å²) in [5.41, 5.74) is -0.792. The molecule has 110 valence electrons. The molecular formula is C13H13BrF3NOS. The van der Waals surface area contributed by atoms with Crippen LogP contribution in [0.25, 0.3) is 0 Å². The summed E-state index contributed by atoms with van der Waals surface area (Å²) in [5, 5.41) is 2.80. The van der Waals surface area contributed by atoms with E-state index >= 15 is 0 Å². The predicted octanol–water partition coefficient (Wildman–Crippen LogP) is 4.09. The molecule has 0 radical (unpaired) electrons. The second kappa shape index (κ2) is 6.39. The van der Waals surface area contributed by atoms with Gasteiger partial charge in [0.2, 0.25) is 0 Å². The van der Waals surface area contributed by atoms with E-state index in [1.807, 2.05) is 0 Å². The standard InChI is InChI=1S/C13H13BrF3NOS/c14-11-4-3-8(13(15,16)17)6-10(11)12(19)18-9-2-1-5-20-7-9/h3-4,6,9H,1-2,5,7H2,(H,18,19). The Balaban J connectivity index is 2.16. The maximum atomic E-state index is 12.7. The molecule has 0 saturated carbocycles. The second-order valence-corrected chi connectivity index (χ2v) is 6.58. The first kappa shape index (κ1) is 15.7. The fraction of sp³-hybridized carbons (Fsp3) is 0.462. The van der Waals surface area contributed by atoms with Gasteiger partial charge in [0.15, 0.2) is 0 Å². The van der Waals surface area contributed by atoms with Crippen LogP contribution in [0.15, 0.2) is 22.7 Å². The normalized spacial score (nSPS) is 19.7. The summed E-state index contributed by atoms with van der Waals surface area (Å²) in [7, 11) is 0. The zero-order chi connectivity index (χ0) is 14.8. The Morgan fingerprint density at radius 3 is 2.75 bits per heavy atom. The molecule has 1 aromatic carbocycles. The maximum Gasteiger partial charge on any atom is 0.416 e. The van der Waals surface area contributed by atoms with Gasteiger partial charge < -0.3 is 5.32 Å². The third kappa shape index (κ3) is 3.91. The first-order valence-electron chi connectivity index (χ1n) is 6.13. The van der Waals surface area contributed by atoms with E-state index in [1.165, 1.54) is 6.07 Å². The van der Waals surface area contributed by atoms with Crippen molar-refractivity contribution >= 4 is 33.6 Å². The number of hydrogen-bond acceptors (Lipinski definition) is 2. The molecule has 0 spiro atoms. The average Bonchev–Trinajstić information content (AvgIpc) is 2.39. The summed E-state index contributed by atoms with van der Waals surface area (Å²) in [4.78, 5) is 12.1. The molecule has 1 saturated heterocycles. The zero-order valence-corrected chi connectivity index (χ0v) is 12.9. The fourth-order valence-electron chi connectivity index (χ4n) is 1.99. The molecule has 0 aromatic heterocycles. The van der Waals surface area contributed by atoms with E-state index < -0.39 is 17.6 Å². The van der Waals surface area contributed by atoms with Crippen LogP contribution < -0.4 is 5.32 Å². The largest absolute Gasteiger partial charge is 0.416 e. The molecule has 20 heavy (non-hydrogen) atoms. The van der Waals surface area contributed by atoms with E-state index in [9.17, 15) is 18.0 Å². The van der Waals surface area contributed by atoms with E-state index in [0.29, 0.717) is 4.47 Å². The van der Waals surface area contributed by atoms with Gasteiger partial charge in [-0.2, -0.15) is 24.9 Å². The van der Waals surface area contributed by atoms with Crippen LogP contribution in [0, 0.1) is 0 Å². The van der Waals surface area contributed by atoms with E-state index in [4.69, 9.17) is 0 Å². The van der Waals surface area contributed by atoms with Crippen molar-refractivity contribution in [1.82, 2.24) is 5.32 Å². The summed E-state index contributed by atoms with van der Waals surface area (Å²) in [6.07, 6.45) is -2.56. The quantitative estimate of drug-likeness (QED) is 0.852. The molecule has 1 fully saturated rings. The third-order valence-electron chi connectivity index (χ3n) is 3.03. The highest BCUT2D eigenvalue weighted by Crippen LogP contribution is 2.32. The number of carbonyl (C=O) groups excluding carboxylic acids is 1. The van der Waals surface area contributed by atoms with E-state index in [0.717, 1.165) is 36.5 Å². The molecule has 1 unspecified atom stereocenters. The van der Waals surface area contributed by atoms with Gasteiger partial charge in [0.05, 0.1) is 11.1 Å². The number of benzene rings is 1. The fourth-order valence-corrected chi connectivity index (χ4v) is 3.49. The van der Waals surface area contributed by atoms with Crippen LogP contribution in [-0.4, -0.2) is 23.5 Å². The van der Waals surface area contributed by atoms with Gasteiger partial charge in [-0.05, 0) is 52.7 Å². The molecule has 2 rings (SSSR count).